The molecule has 1 aromatic heterocycles. The van der Waals surface area contributed by atoms with Crippen LogP contribution in [0.2, 0.25) is 0 Å². The molecule has 0 bridgehead atoms. The molecule has 1 heterocycles. The molecule has 4 nitrogen and oxygen atoms in total. The van der Waals surface area contributed by atoms with Gasteiger partial charge in [0.2, 0.25) is 0 Å². The van der Waals surface area contributed by atoms with Crippen molar-refractivity contribution in [2.75, 3.05) is 25.1 Å². The van der Waals surface area contributed by atoms with Crippen LogP contribution in [0.15, 0.2) is 33.5 Å². The summed E-state index contributed by atoms with van der Waals surface area (Å²) < 4.78 is 10.5. The number of benzene rings is 1. The van der Waals surface area contributed by atoms with Crippen molar-refractivity contribution < 1.29 is 9.15 Å². The SMILES string of the molecule is CCOCCCNc1ccc2c(C)cc(=O)oc2c1. The van der Waals surface area contributed by atoms with Crippen molar-refractivity contribution in [3.05, 3.63) is 40.2 Å². The number of fused-ring (bicyclic) bond motifs is 1. The normalized spacial score (nSPS) is 10.8. The monoisotopic (exact) mass is 261 g/mol. The second kappa shape index (κ2) is 6.38. The molecule has 2 rings (SSSR count). The van der Waals surface area contributed by atoms with Crippen LogP contribution in [0.4, 0.5) is 5.69 Å². The van der Waals surface area contributed by atoms with E-state index in [9.17, 15) is 4.79 Å². The van der Waals surface area contributed by atoms with Crippen LogP contribution in [0.3, 0.4) is 0 Å². The van der Waals surface area contributed by atoms with Crippen LogP contribution in [0.5, 0.6) is 0 Å². The number of aryl methyl sites for hydroxylation is 1. The Balaban J connectivity index is 2.07. The van der Waals surface area contributed by atoms with Gasteiger partial charge in [0.25, 0.3) is 0 Å². The molecule has 0 atom stereocenters. The molecule has 1 N–H and O–H groups in total. The van der Waals surface area contributed by atoms with Crippen LogP contribution < -0.4 is 10.9 Å². The lowest BCUT2D eigenvalue weighted by molar-refractivity contribution is 0.147. The van der Waals surface area contributed by atoms with Gasteiger partial charge in [0.15, 0.2) is 0 Å². The van der Waals surface area contributed by atoms with E-state index in [0.29, 0.717) is 5.58 Å². The first-order valence-corrected chi connectivity index (χ1v) is 6.57. The Kier molecular flexibility index (Phi) is 4.58. The van der Waals surface area contributed by atoms with Gasteiger partial charge in [-0.15, -0.1) is 0 Å². The van der Waals surface area contributed by atoms with E-state index in [1.165, 1.54) is 6.07 Å². The Morgan fingerprint density at radius 2 is 2.16 bits per heavy atom. The third-order valence-corrected chi connectivity index (χ3v) is 2.95. The van der Waals surface area contributed by atoms with Crippen molar-refractivity contribution in [1.29, 1.82) is 0 Å². The number of rotatable bonds is 6. The van der Waals surface area contributed by atoms with Crippen LogP contribution in [-0.2, 0) is 4.74 Å². The summed E-state index contributed by atoms with van der Waals surface area (Å²) in [6, 6.07) is 7.34. The number of nitrogens with one attached hydrogen (secondary N) is 1. The summed E-state index contributed by atoms with van der Waals surface area (Å²) in [4.78, 5) is 11.3. The van der Waals surface area contributed by atoms with Crippen molar-refractivity contribution in [3.8, 4) is 0 Å². The van der Waals surface area contributed by atoms with Gasteiger partial charge in [0.1, 0.15) is 5.58 Å². The summed E-state index contributed by atoms with van der Waals surface area (Å²) in [5.41, 5.74) is 2.21. The summed E-state index contributed by atoms with van der Waals surface area (Å²) in [7, 11) is 0. The predicted octanol–water partition coefficient (Wildman–Crippen LogP) is 2.94. The van der Waals surface area contributed by atoms with E-state index in [-0.39, 0.29) is 5.63 Å². The summed E-state index contributed by atoms with van der Waals surface area (Å²) in [6.45, 7) is 6.24. The molecule has 0 aliphatic carbocycles. The van der Waals surface area contributed by atoms with Gasteiger partial charge < -0.3 is 14.5 Å². The standard InChI is InChI=1S/C15H19NO3/c1-3-18-8-4-7-16-12-5-6-13-11(2)9-15(17)19-14(13)10-12/h5-6,9-10,16H,3-4,7-8H2,1-2H3. The predicted molar refractivity (Wildman–Crippen MR) is 76.8 cm³/mol. The molecule has 0 radical (unpaired) electrons. The maximum absolute atomic E-state index is 11.3. The molecule has 1 aromatic carbocycles. The number of ether oxygens (including phenoxy) is 1. The highest BCUT2D eigenvalue weighted by Crippen LogP contribution is 2.20. The van der Waals surface area contributed by atoms with E-state index >= 15 is 0 Å². The summed E-state index contributed by atoms with van der Waals surface area (Å²) >= 11 is 0. The van der Waals surface area contributed by atoms with Gasteiger partial charge in [-0.05, 0) is 38.0 Å². The fraction of sp³-hybridized carbons (Fsp3) is 0.400. The first kappa shape index (κ1) is 13.6. The molecular weight excluding hydrogens is 242 g/mol. The molecule has 0 saturated heterocycles. The quantitative estimate of drug-likeness (QED) is 0.641. The van der Waals surface area contributed by atoms with Crippen molar-refractivity contribution in [2.45, 2.75) is 20.3 Å². The molecule has 0 spiro atoms. The Hall–Kier alpha value is -1.81. The largest absolute Gasteiger partial charge is 0.423 e. The molecular formula is C15H19NO3. The van der Waals surface area contributed by atoms with E-state index in [2.05, 4.69) is 5.32 Å². The minimum atomic E-state index is -0.307. The number of hydrogen-bond donors (Lipinski definition) is 1. The molecule has 102 valence electrons. The second-order valence-electron chi connectivity index (χ2n) is 4.44. The van der Waals surface area contributed by atoms with Gasteiger partial charge in [-0.1, -0.05) is 0 Å². The average molecular weight is 261 g/mol. The van der Waals surface area contributed by atoms with Crippen molar-refractivity contribution in [3.63, 3.8) is 0 Å². The van der Waals surface area contributed by atoms with Gasteiger partial charge in [-0.2, -0.15) is 0 Å². The highest BCUT2D eigenvalue weighted by molar-refractivity contribution is 5.83. The first-order valence-electron chi connectivity index (χ1n) is 6.57. The van der Waals surface area contributed by atoms with Crippen LogP contribution in [0.1, 0.15) is 18.9 Å². The molecule has 4 heteroatoms. The van der Waals surface area contributed by atoms with E-state index in [1.54, 1.807) is 0 Å². The van der Waals surface area contributed by atoms with Gasteiger partial charge in [-0.3, -0.25) is 0 Å². The second-order valence-corrected chi connectivity index (χ2v) is 4.44. The molecule has 0 aliphatic rings. The maximum Gasteiger partial charge on any atom is 0.336 e. The van der Waals surface area contributed by atoms with Crippen molar-refractivity contribution in [1.82, 2.24) is 0 Å². The maximum atomic E-state index is 11.3. The number of hydrogen-bond acceptors (Lipinski definition) is 4. The molecule has 2 aromatic rings. The minimum absolute atomic E-state index is 0.307. The first-order chi connectivity index (χ1) is 9.20. The minimum Gasteiger partial charge on any atom is -0.423 e. The van der Waals surface area contributed by atoms with Gasteiger partial charge in [0.05, 0.1) is 0 Å². The smallest absolute Gasteiger partial charge is 0.336 e. The molecule has 0 amide bonds. The Morgan fingerprint density at radius 1 is 1.32 bits per heavy atom. The van der Waals surface area contributed by atoms with Crippen molar-refractivity contribution in [2.24, 2.45) is 0 Å². The average Bonchev–Trinajstić information content (AvgIpc) is 2.38. The van der Waals surface area contributed by atoms with Crippen LogP contribution in [-0.4, -0.2) is 19.8 Å². The molecule has 19 heavy (non-hydrogen) atoms. The van der Waals surface area contributed by atoms with E-state index in [1.807, 2.05) is 32.0 Å². The third kappa shape index (κ3) is 3.58. The van der Waals surface area contributed by atoms with Gasteiger partial charge >= 0.3 is 5.63 Å². The summed E-state index contributed by atoms with van der Waals surface area (Å²) in [5, 5.41) is 4.26. The lowest BCUT2D eigenvalue weighted by Crippen LogP contribution is -2.06. The highest BCUT2D eigenvalue weighted by Gasteiger charge is 2.03. The van der Waals surface area contributed by atoms with Crippen LogP contribution in [0.25, 0.3) is 11.0 Å². The zero-order valence-electron chi connectivity index (χ0n) is 11.4. The van der Waals surface area contributed by atoms with Crippen molar-refractivity contribution >= 4 is 16.7 Å². The molecule has 0 fully saturated rings. The molecule has 0 saturated carbocycles. The lowest BCUT2D eigenvalue weighted by atomic mass is 10.1. The van der Waals surface area contributed by atoms with Gasteiger partial charge in [-0.25, -0.2) is 4.79 Å². The topological polar surface area (TPSA) is 51.5 Å². The molecule has 0 unspecified atom stereocenters. The fourth-order valence-corrected chi connectivity index (χ4v) is 1.99. The van der Waals surface area contributed by atoms with Crippen LogP contribution in [0, 0.1) is 6.92 Å². The molecule has 0 aliphatic heterocycles. The zero-order chi connectivity index (χ0) is 13.7. The van der Waals surface area contributed by atoms with Gasteiger partial charge in [0, 0.05) is 43.0 Å². The summed E-state index contributed by atoms with van der Waals surface area (Å²) in [5.74, 6) is 0. The highest BCUT2D eigenvalue weighted by atomic mass is 16.5. The van der Waals surface area contributed by atoms with Crippen LogP contribution >= 0.6 is 0 Å². The van der Waals surface area contributed by atoms with E-state index in [0.717, 1.165) is 42.8 Å². The Bertz CT molecular complexity index is 604. The number of anilines is 1. The fourth-order valence-electron chi connectivity index (χ4n) is 1.99. The Labute approximate surface area is 112 Å². The van der Waals surface area contributed by atoms with E-state index in [4.69, 9.17) is 9.15 Å². The van der Waals surface area contributed by atoms with E-state index < -0.39 is 0 Å². The Morgan fingerprint density at radius 3 is 2.95 bits per heavy atom. The summed E-state index contributed by atoms with van der Waals surface area (Å²) in [6.07, 6.45) is 0.948. The zero-order valence-corrected chi connectivity index (χ0v) is 11.4. The lowest BCUT2D eigenvalue weighted by Gasteiger charge is -2.08. The third-order valence-electron chi connectivity index (χ3n) is 2.95.